The van der Waals surface area contributed by atoms with E-state index in [1.807, 2.05) is 32.9 Å². The summed E-state index contributed by atoms with van der Waals surface area (Å²) in [5.41, 5.74) is 3.93. The zero-order valence-corrected chi connectivity index (χ0v) is 17.9. The van der Waals surface area contributed by atoms with Gasteiger partial charge in [-0.25, -0.2) is 4.39 Å². The highest BCUT2D eigenvalue weighted by Gasteiger charge is 2.42. The lowest BCUT2D eigenvalue weighted by Crippen LogP contribution is -2.31. The molecule has 3 aromatic rings. The number of halogens is 1. The molecule has 0 radical (unpaired) electrons. The Kier molecular flexibility index (Phi) is 5.78. The molecule has 162 valence electrons. The van der Waals surface area contributed by atoms with E-state index >= 15 is 0 Å². The molecule has 0 bridgehead atoms. The fourth-order valence-corrected chi connectivity index (χ4v) is 4.02. The molecular formula is C24H26FN3O3. The normalized spacial score (nSPS) is 15.7. The van der Waals surface area contributed by atoms with E-state index in [0.717, 1.165) is 11.1 Å². The number of carbonyl (C=O) groups is 1. The number of benzene rings is 2. The lowest BCUT2D eigenvalue weighted by atomic mass is 9.95. The molecule has 4 rings (SSSR count). The second-order valence-electron chi connectivity index (χ2n) is 8.11. The number of aromatic amines is 1. The van der Waals surface area contributed by atoms with E-state index in [1.165, 1.54) is 12.1 Å². The molecule has 0 spiro atoms. The van der Waals surface area contributed by atoms with Gasteiger partial charge < -0.3 is 14.7 Å². The topological polar surface area (TPSA) is 78.5 Å². The summed E-state index contributed by atoms with van der Waals surface area (Å²) in [6, 6.07) is 11.0. The van der Waals surface area contributed by atoms with Crippen LogP contribution in [0.25, 0.3) is 11.3 Å². The number of rotatable bonds is 7. The zero-order valence-electron chi connectivity index (χ0n) is 17.9. The van der Waals surface area contributed by atoms with Gasteiger partial charge in [0, 0.05) is 24.3 Å². The number of carbonyl (C=O) groups excluding carboxylic acids is 1. The van der Waals surface area contributed by atoms with Gasteiger partial charge in [-0.15, -0.1) is 0 Å². The Labute approximate surface area is 180 Å². The first-order chi connectivity index (χ1) is 14.9. The number of ether oxygens (including phenoxy) is 1. The second-order valence-corrected chi connectivity index (χ2v) is 8.11. The number of H-pyrrole nitrogens is 1. The van der Waals surface area contributed by atoms with Crippen molar-refractivity contribution in [2.45, 2.75) is 39.3 Å². The van der Waals surface area contributed by atoms with E-state index in [-0.39, 0.29) is 23.6 Å². The quantitative estimate of drug-likeness (QED) is 0.545. The molecule has 7 heteroatoms. The molecule has 1 aromatic heterocycles. The molecular weight excluding hydrogens is 397 g/mol. The van der Waals surface area contributed by atoms with Crippen LogP contribution < -0.4 is 0 Å². The average Bonchev–Trinajstić information content (AvgIpc) is 3.27. The van der Waals surface area contributed by atoms with Gasteiger partial charge in [-0.3, -0.25) is 9.89 Å². The molecule has 2 N–H and O–H groups in total. The Balaban J connectivity index is 1.76. The Morgan fingerprint density at radius 2 is 1.97 bits per heavy atom. The molecule has 0 saturated heterocycles. The van der Waals surface area contributed by atoms with Crippen LogP contribution >= 0.6 is 0 Å². The van der Waals surface area contributed by atoms with Gasteiger partial charge in [-0.2, -0.15) is 5.10 Å². The van der Waals surface area contributed by atoms with E-state index in [1.54, 1.807) is 23.1 Å². The fourth-order valence-electron chi connectivity index (χ4n) is 4.02. The predicted octanol–water partition coefficient (Wildman–Crippen LogP) is 4.59. The number of aromatic nitrogens is 2. The Hall–Kier alpha value is -3.19. The number of nitrogens with one attached hydrogen (secondary N) is 1. The minimum atomic E-state index is -0.434. The van der Waals surface area contributed by atoms with Crippen molar-refractivity contribution in [1.82, 2.24) is 15.1 Å². The molecule has 2 aromatic carbocycles. The maximum atomic E-state index is 13.6. The average molecular weight is 423 g/mol. The molecule has 31 heavy (non-hydrogen) atoms. The van der Waals surface area contributed by atoms with Crippen molar-refractivity contribution < 1.29 is 19.0 Å². The van der Waals surface area contributed by atoms with Crippen molar-refractivity contribution in [3.63, 3.8) is 0 Å². The molecule has 0 fully saturated rings. The van der Waals surface area contributed by atoms with E-state index in [0.29, 0.717) is 42.1 Å². The lowest BCUT2D eigenvalue weighted by molar-refractivity contribution is 0.0601. The minimum Gasteiger partial charge on any atom is -0.507 e. The van der Waals surface area contributed by atoms with Crippen LogP contribution in [0.15, 0.2) is 42.5 Å². The van der Waals surface area contributed by atoms with E-state index in [4.69, 9.17) is 4.74 Å². The van der Waals surface area contributed by atoms with Crippen LogP contribution in [0, 0.1) is 12.7 Å². The number of fused-ring (bicyclic) bond motifs is 1. The predicted molar refractivity (Wildman–Crippen MR) is 115 cm³/mol. The van der Waals surface area contributed by atoms with Crippen molar-refractivity contribution in [2.24, 2.45) is 0 Å². The summed E-state index contributed by atoms with van der Waals surface area (Å²) >= 11 is 0. The standard InChI is InChI=1S/C24H26FN3O3/c1-14(2)31-12-4-11-28-23(16-6-8-17(25)9-7-16)20-21(26-27-22(20)24(28)30)18-13-15(3)5-10-19(18)29/h5-10,13-14,23,29H,4,11-12H2,1-3H3,(H,26,27)/t23-/m0/s1. The van der Waals surface area contributed by atoms with Crippen molar-refractivity contribution in [3.8, 4) is 17.0 Å². The van der Waals surface area contributed by atoms with Crippen molar-refractivity contribution in [3.05, 3.63) is 70.7 Å². The van der Waals surface area contributed by atoms with Crippen LogP contribution in [0.1, 0.15) is 53.5 Å². The van der Waals surface area contributed by atoms with Crippen molar-refractivity contribution in [1.29, 1.82) is 0 Å². The van der Waals surface area contributed by atoms with Gasteiger partial charge in [0.15, 0.2) is 0 Å². The van der Waals surface area contributed by atoms with Gasteiger partial charge in [-0.1, -0.05) is 23.8 Å². The Bertz CT molecular complexity index is 1090. The zero-order chi connectivity index (χ0) is 22.1. The van der Waals surface area contributed by atoms with Crippen LogP contribution in [0.4, 0.5) is 4.39 Å². The smallest absolute Gasteiger partial charge is 0.273 e. The summed E-state index contributed by atoms with van der Waals surface area (Å²) in [5.74, 6) is -0.414. The van der Waals surface area contributed by atoms with Gasteiger partial charge in [0.2, 0.25) is 0 Å². The first-order valence-electron chi connectivity index (χ1n) is 10.4. The van der Waals surface area contributed by atoms with E-state index in [9.17, 15) is 14.3 Å². The first-order valence-corrected chi connectivity index (χ1v) is 10.4. The summed E-state index contributed by atoms with van der Waals surface area (Å²) in [7, 11) is 0. The van der Waals surface area contributed by atoms with Crippen molar-refractivity contribution >= 4 is 5.91 Å². The molecule has 1 amide bonds. The summed E-state index contributed by atoms with van der Waals surface area (Å²) in [6.07, 6.45) is 0.791. The van der Waals surface area contributed by atoms with Gasteiger partial charge in [0.1, 0.15) is 23.0 Å². The second kappa shape index (κ2) is 8.51. The maximum absolute atomic E-state index is 13.6. The van der Waals surface area contributed by atoms with Crippen LogP contribution in [0.3, 0.4) is 0 Å². The highest BCUT2D eigenvalue weighted by Crippen LogP contribution is 2.44. The monoisotopic (exact) mass is 423 g/mol. The molecule has 0 saturated carbocycles. The number of hydrogen-bond acceptors (Lipinski definition) is 4. The van der Waals surface area contributed by atoms with E-state index in [2.05, 4.69) is 10.2 Å². The van der Waals surface area contributed by atoms with Crippen molar-refractivity contribution in [2.75, 3.05) is 13.2 Å². The number of phenols is 1. The highest BCUT2D eigenvalue weighted by atomic mass is 19.1. The number of phenolic OH excluding ortho intramolecular Hbond substituents is 1. The lowest BCUT2D eigenvalue weighted by Gasteiger charge is -2.26. The third kappa shape index (κ3) is 4.05. The van der Waals surface area contributed by atoms with Crippen LogP contribution in [-0.2, 0) is 4.74 Å². The molecule has 1 atom stereocenters. The summed E-state index contributed by atoms with van der Waals surface area (Å²) in [6.45, 7) is 6.89. The van der Waals surface area contributed by atoms with Crippen LogP contribution in [0.5, 0.6) is 5.75 Å². The SMILES string of the molecule is Cc1ccc(O)c(-c2n[nH]c3c2[C@H](c2ccc(F)cc2)N(CCCOC(C)C)C3=O)c1. The summed E-state index contributed by atoms with van der Waals surface area (Å²) in [5, 5.41) is 17.7. The number of aryl methyl sites for hydroxylation is 1. The molecule has 0 unspecified atom stereocenters. The molecule has 0 aliphatic carbocycles. The molecule has 1 aliphatic heterocycles. The maximum Gasteiger partial charge on any atom is 0.273 e. The summed E-state index contributed by atoms with van der Waals surface area (Å²) < 4.78 is 19.2. The minimum absolute atomic E-state index is 0.0917. The third-order valence-corrected chi connectivity index (χ3v) is 5.45. The Morgan fingerprint density at radius 1 is 1.23 bits per heavy atom. The number of aromatic hydroxyl groups is 1. The molecule has 1 aliphatic rings. The van der Waals surface area contributed by atoms with Crippen LogP contribution in [-0.4, -0.2) is 45.4 Å². The van der Waals surface area contributed by atoms with Gasteiger partial charge in [-0.05, 0) is 57.0 Å². The largest absolute Gasteiger partial charge is 0.507 e. The summed E-state index contributed by atoms with van der Waals surface area (Å²) in [4.78, 5) is 15.0. The highest BCUT2D eigenvalue weighted by molar-refractivity contribution is 6.00. The number of amides is 1. The van der Waals surface area contributed by atoms with Gasteiger partial charge >= 0.3 is 0 Å². The number of hydrogen-bond donors (Lipinski definition) is 2. The third-order valence-electron chi connectivity index (χ3n) is 5.45. The van der Waals surface area contributed by atoms with Crippen LogP contribution in [0.2, 0.25) is 0 Å². The Morgan fingerprint density at radius 3 is 2.68 bits per heavy atom. The fraction of sp³-hybridized carbons (Fsp3) is 0.333. The van der Waals surface area contributed by atoms with E-state index < -0.39 is 6.04 Å². The number of nitrogens with zero attached hydrogens (tertiary/aromatic N) is 2. The van der Waals surface area contributed by atoms with Gasteiger partial charge in [0.25, 0.3) is 5.91 Å². The first kappa shape index (κ1) is 21.1. The van der Waals surface area contributed by atoms with Gasteiger partial charge in [0.05, 0.1) is 12.1 Å². The molecule has 2 heterocycles. The molecule has 6 nitrogen and oxygen atoms in total.